The minimum Gasteiger partial charge on any atom is -1.00 e. The van der Waals surface area contributed by atoms with Gasteiger partial charge in [0, 0.05) is 31.7 Å². The van der Waals surface area contributed by atoms with Crippen LogP contribution in [-0.4, -0.2) is 61.0 Å². The lowest BCUT2D eigenvalue weighted by Crippen LogP contribution is -3.00. The smallest absolute Gasteiger partial charge is 0.234 e. The van der Waals surface area contributed by atoms with E-state index in [0.717, 1.165) is 43.9 Å². The summed E-state index contributed by atoms with van der Waals surface area (Å²) in [6, 6.07) is 0. The van der Waals surface area contributed by atoms with Gasteiger partial charge in [-0.3, -0.25) is 9.69 Å². The fourth-order valence-corrected chi connectivity index (χ4v) is 5.81. The van der Waals surface area contributed by atoms with Crippen molar-refractivity contribution >= 4 is 5.91 Å². The average Bonchev–Trinajstić information content (AvgIpc) is 2.39. The summed E-state index contributed by atoms with van der Waals surface area (Å²) in [6.07, 6.45) is 8.09. The third-order valence-electron chi connectivity index (χ3n) is 6.41. The Hall–Kier alpha value is -0.320. The molecular formula is C17H29ClN3O-. The molecule has 4 saturated carbocycles. The molecule has 0 spiro atoms. The quantitative estimate of drug-likeness (QED) is 0.673. The first-order valence-electron chi connectivity index (χ1n) is 8.82. The molecule has 1 aliphatic heterocycles. The lowest BCUT2D eigenvalue weighted by Gasteiger charge is -2.57. The Balaban J connectivity index is 0.00000144. The fourth-order valence-electron chi connectivity index (χ4n) is 5.81. The predicted octanol–water partition coefficient (Wildman–Crippen LogP) is -1.68. The number of amides is 1. The molecule has 5 rings (SSSR count). The highest BCUT2D eigenvalue weighted by molar-refractivity contribution is 5.79. The molecule has 0 aromatic carbocycles. The van der Waals surface area contributed by atoms with Gasteiger partial charge < -0.3 is 22.6 Å². The topological polar surface area (TPSA) is 35.6 Å². The standard InChI is InChI=1S/C17H29N3O.ClH/c1-19-2-4-20(5-3-19)12-16(21)18-17-9-13-6-14(10-17)8-15(7-13)11-17;/h13-15H,2-12H2,1H3,(H,18,21);1H/p-1. The number of likely N-dealkylation sites (N-methyl/N-ethyl adjacent to an activating group) is 1. The van der Waals surface area contributed by atoms with Crippen LogP contribution in [0.3, 0.4) is 0 Å². The SMILES string of the molecule is CN1CCN(CC(=O)NC23CC4CC(CC(C4)C2)C3)CC1.[Cl-]. The first kappa shape index (κ1) is 16.5. The van der Waals surface area contributed by atoms with Gasteiger partial charge in [-0.25, -0.2) is 0 Å². The van der Waals surface area contributed by atoms with Gasteiger partial charge in [-0.05, 0) is 63.3 Å². The van der Waals surface area contributed by atoms with Crippen LogP contribution >= 0.6 is 0 Å². The maximum absolute atomic E-state index is 12.5. The molecule has 5 fully saturated rings. The number of carbonyl (C=O) groups excluding carboxylic acids is 1. The van der Waals surface area contributed by atoms with Crippen molar-refractivity contribution < 1.29 is 17.2 Å². The Kier molecular flexibility index (Phi) is 4.73. The fraction of sp³-hybridized carbons (Fsp3) is 0.941. The average molecular weight is 327 g/mol. The summed E-state index contributed by atoms with van der Waals surface area (Å²) < 4.78 is 0. The first-order chi connectivity index (χ1) is 10.1. The van der Waals surface area contributed by atoms with E-state index < -0.39 is 0 Å². The lowest BCUT2D eigenvalue weighted by molar-refractivity contribution is -0.128. The van der Waals surface area contributed by atoms with Crippen molar-refractivity contribution in [2.75, 3.05) is 39.8 Å². The van der Waals surface area contributed by atoms with Crippen LogP contribution in [0.2, 0.25) is 0 Å². The maximum atomic E-state index is 12.5. The summed E-state index contributed by atoms with van der Waals surface area (Å²) in [7, 11) is 2.16. The summed E-state index contributed by atoms with van der Waals surface area (Å²) in [5.41, 5.74) is 0.179. The van der Waals surface area contributed by atoms with Crippen molar-refractivity contribution in [3.8, 4) is 0 Å². The molecule has 1 saturated heterocycles. The number of halogens is 1. The summed E-state index contributed by atoms with van der Waals surface area (Å²) in [5, 5.41) is 3.49. The molecule has 0 radical (unpaired) electrons. The molecule has 5 aliphatic rings. The Labute approximate surface area is 140 Å². The number of hydrogen-bond acceptors (Lipinski definition) is 3. The van der Waals surface area contributed by atoms with E-state index in [1.165, 1.54) is 38.5 Å². The van der Waals surface area contributed by atoms with Gasteiger partial charge in [-0.15, -0.1) is 0 Å². The van der Waals surface area contributed by atoms with Crippen LogP contribution in [0.15, 0.2) is 0 Å². The summed E-state index contributed by atoms with van der Waals surface area (Å²) in [5.74, 6) is 2.99. The highest BCUT2D eigenvalue weighted by atomic mass is 35.5. The molecule has 1 amide bonds. The Morgan fingerprint density at radius 3 is 2.00 bits per heavy atom. The molecule has 0 unspecified atom stereocenters. The van der Waals surface area contributed by atoms with Crippen LogP contribution in [-0.2, 0) is 4.79 Å². The summed E-state index contributed by atoms with van der Waals surface area (Å²) in [4.78, 5) is 17.2. The van der Waals surface area contributed by atoms with E-state index in [9.17, 15) is 4.79 Å². The van der Waals surface area contributed by atoms with Crippen molar-refractivity contribution in [2.24, 2.45) is 17.8 Å². The number of nitrogens with one attached hydrogen (secondary N) is 1. The Bertz CT molecular complexity index is 385. The van der Waals surface area contributed by atoms with Crippen molar-refractivity contribution in [3.63, 3.8) is 0 Å². The van der Waals surface area contributed by atoms with Crippen molar-refractivity contribution in [1.29, 1.82) is 0 Å². The summed E-state index contributed by atoms with van der Waals surface area (Å²) in [6.45, 7) is 4.85. The molecule has 4 nitrogen and oxygen atoms in total. The number of rotatable bonds is 3. The van der Waals surface area contributed by atoms with Crippen molar-refractivity contribution in [3.05, 3.63) is 0 Å². The van der Waals surface area contributed by atoms with E-state index >= 15 is 0 Å². The van der Waals surface area contributed by atoms with Crippen LogP contribution in [0.5, 0.6) is 0 Å². The number of hydrogen-bond donors (Lipinski definition) is 1. The highest BCUT2D eigenvalue weighted by Gasteiger charge is 2.51. The molecule has 0 atom stereocenters. The molecule has 22 heavy (non-hydrogen) atoms. The van der Waals surface area contributed by atoms with E-state index in [4.69, 9.17) is 0 Å². The maximum Gasteiger partial charge on any atom is 0.234 e. The second-order valence-electron chi connectivity index (χ2n) is 8.33. The van der Waals surface area contributed by atoms with Gasteiger partial charge in [0.05, 0.1) is 6.54 Å². The highest BCUT2D eigenvalue weighted by Crippen LogP contribution is 2.55. The van der Waals surface area contributed by atoms with Crippen LogP contribution < -0.4 is 17.7 Å². The molecular weight excluding hydrogens is 298 g/mol. The van der Waals surface area contributed by atoms with Gasteiger partial charge in [0.1, 0.15) is 0 Å². The largest absolute Gasteiger partial charge is 1.00 e. The number of carbonyl (C=O) groups is 1. The van der Waals surface area contributed by atoms with Gasteiger partial charge in [-0.1, -0.05) is 0 Å². The van der Waals surface area contributed by atoms with Gasteiger partial charge in [0.25, 0.3) is 0 Å². The zero-order valence-corrected chi connectivity index (χ0v) is 14.4. The van der Waals surface area contributed by atoms with E-state index in [0.29, 0.717) is 6.54 Å². The number of piperazine rings is 1. The van der Waals surface area contributed by atoms with E-state index in [-0.39, 0.29) is 23.9 Å². The van der Waals surface area contributed by atoms with Crippen LogP contribution in [0, 0.1) is 17.8 Å². The molecule has 4 aliphatic carbocycles. The molecule has 0 aromatic heterocycles. The number of nitrogens with zero attached hydrogens (tertiary/aromatic N) is 2. The first-order valence-corrected chi connectivity index (χ1v) is 8.82. The van der Waals surface area contributed by atoms with E-state index in [2.05, 4.69) is 22.2 Å². The third kappa shape index (κ3) is 3.29. The van der Waals surface area contributed by atoms with Crippen molar-refractivity contribution in [2.45, 2.75) is 44.1 Å². The van der Waals surface area contributed by atoms with Gasteiger partial charge in [0.15, 0.2) is 0 Å². The van der Waals surface area contributed by atoms with E-state index in [1.807, 2.05) is 0 Å². The van der Waals surface area contributed by atoms with E-state index in [1.54, 1.807) is 0 Å². The van der Waals surface area contributed by atoms with Gasteiger partial charge >= 0.3 is 0 Å². The predicted molar refractivity (Wildman–Crippen MR) is 83.0 cm³/mol. The monoisotopic (exact) mass is 326 g/mol. The molecule has 1 heterocycles. The molecule has 126 valence electrons. The lowest BCUT2D eigenvalue weighted by atomic mass is 9.53. The Morgan fingerprint density at radius 2 is 1.50 bits per heavy atom. The second-order valence-corrected chi connectivity index (χ2v) is 8.33. The minimum atomic E-state index is 0. The molecule has 1 N–H and O–H groups in total. The van der Waals surface area contributed by atoms with Gasteiger partial charge in [0.2, 0.25) is 5.91 Å². The molecule has 4 bridgehead atoms. The third-order valence-corrected chi connectivity index (χ3v) is 6.41. The summed E-state index contributed by atoms with van der Waals surface area (Å²) >= 11 is 0. The molecule has 0 aromatic rings. The van der Waals surface area contributed by atoms with Crippen LogP contribution in [0.4, 0.5) is 0 Å². The zero-order valence-electron chi connectivity index (χ0n) is 13.7. The second kappa shape index (κ2) is 6.29. The van der Waals surface area contributed by atoms with Crippen molar-refractivity contribution in [1.82, 2.24) is 15.1 Å². The Morgan fingerprint density at radius 1 is 1.00 bits per heavy atom. The van der Waals surface area contributed by atoms with Crippen LogP contribution in [0.25, 0.3) is 0 Å². The molecule has 5 heteroatoms. The minimum absolute atomic E-state index is 0. The van der Waals surface area contributed by atoms with Crippen LogP contribution in [0.1, 0.15) is 38.5 Å². The zero-order chi connectivity index (χ0) is 14.4. The van der Waals surface area contributed by atoms with Gasteiger partial charge in [-0.2, -0.15) is 0 Å². The normalized spacial score (nSPS) is 41.2.